The van der Waals surface area contributed by atoms with Crippen LogP contribution in [0.2, 0.25) is 0 Å². The predicted molar refractivity (Wildman–Crippen MR) is 120 cm³/mol. The van der Waals surface area contributed by atoms with Gasteiger partial charge in [0.25, 0.3) is 5.91 Å². The predicted octanol–water partition coefficient (Wildman–Crippen LogP) is 3.63. The van der Waals surface area contributed by atoms with Gasteiger partial charge in [0.1, 0.15) is 0 Å². The maximum Gasteiger partial charge on any atom is 0.253 e. The molecule has 150 valence electrons. The summed E-state index contributed by atoms with van der Waals surface area (Å²) in [5.41, 5.74) is 3.91. The lowest BCUT2D eigenvalue weighted by Gasteiger charge is -2.36. The van der Waals surface area contributed by atoms with Gasteiger partial charge in [-0.3, -0.25) is 10.1 Å². The number of thioether (sulfide) groups is 1. The van der Waals surface area contributed by atoms with E-state index >= 15 is 0 Å². The maximum atomic E-state index is 12.7. The van der Waals surface area contributed by atoms with Crippen molar-refractivity contribution in [1.82, 2.24) is 10.2 Å². The number of aliphatic imine (C=N–C) groups is 1. The minimum Gasteiger partial charge on any atom is -0.368 e. The third kappa shape index (κ3) is 5.30. The molecule has 6 nitrogen and oxygen atoms in total. The van der Waals surface area contributed by atoms with Gasteiger partial charge < -0.3 is 9.80 Å². The largest absolute Gasteiger partial charge is 0.368 e. The van der Waals surface area contributed by atoms with Gasteiger partial charge in [0, 0.05) is 37.4 Å². The topological polar surface area (TPSA) is 71.7 Å². The molecule has 1 amide bonds. The number of anilines is 1. The summed E-state index contributed by atoms with van der Waals surface area (Å²) in [6.07, 6.45) is 4.74. The molecule has 1 aliphatic heterocycles. The lowest BCUT2D eigenvalue weighted by atomic mass is 10.1. The summed E-state index contributed by atoms with van der Waals surface area (Å²) in [7, 11) is 0. The van der Waals surface area contributed by atoms with Crippen LogP contribution in [0.1, 0.15) is 22.8 Å². The van der Waals surface area contributed by atoms with Crippen molar-refractivity contribution in [3.8, 4) is 6.19 Å². The first-order valence-corrected chi connectivity index (χ1v) is 10.9. The molecule has 1 aliphatic rings. The van der Waals surface area contributed by atoms with Crippen molar-refractivity contribution in [3.05, 3.63) is 59.7 Å². The second kappa shape index (κ2) is 9.99. The number of nitrogens with zero attached hydrogens (tertiary/aromatic N) is 4. The number of nitrogens with one attached hydrogen (secondary N) is 1. The van der Waals surface area contributed by atoms with Crippen molar-refractivity contribution in [2.24, 2.45) is 4.99 Å². The summed E-state index contributed by atoms with van der Waals surface area (Å²) in [6, 6.07) is 15.9. The third-order valence-corrected chi connectivity index (χ3v) is 5.56. The van der Waals surface area contributed by atoms with Gasteiger partial charge in [-0.1, -0.05) is 30.8 Å². The van der Waals surface area contributed by atoms with Crippen molar-refractivity contribution in [2.75, 3.05) is 37.3 Å². The highest BCUT2D eigenvalue weighted by molar-refractivity contribution is 8.13. The first-order valence-electron chi connectivity index (χ1n) is 9.65. The number of hydrogen-bond donors (Lipinski definition) is 1. The van der Waals surface area contributed by atoms with E-state index in [1.54, 1.807) is 0 Å². The average molecular weight is 408 g/mol. The SMILES string of the molecule is CCc1ccc(C(=O)N2CCN(c3ccc(N=C(NC#N)SC)cc3)CC2)cc1. The highest BCUT2D eigenvalue weighted by Gasteiger charge is 2.22. The first-order chi connectivity index (χ1) is 14.1. The molecule has 1 N–H and O–H groups in total. The van der Waals surface area contributed by atoms with Gasteiger partial charge in [-0.05, 0) is 54.6 Å². The molecule has 0 radical (unpaired) electrons. The molecule has 2 aromatic carbocycles. The number of carbonyl (C=O) groups excluding carboxylic acids is 1. The molecule has 0 unspecified atom stereocenters. The third-order valence-electron chi connectivity index (χ3n) is 4.98. The number of piperazine rings is 1. The molecule has 0 bridgehead atoms. The lowest BCUT2D eigenvalue weighted by molar-refractivity contribution is 0.0747. The Labute approximate surface area is 176 Å². The van der Waals surface area contributed by atoms with Crippen LogP contribution in [-0.2, 0) is 6.42 Å². The Bertz CT molecular complexity index is 894. The normalized spacial score (nSPS) is 14.4. The van der Waals surface area contributed by atoms with Crippen molar-refractivity contribution in [1.29, 1.82) is 5.26 Å². The summed E-state index contributed by atoms with van der Waals surface area (Å²) in [5.74, 6) is 0.103. The Balaban J connectivity index is 1.58. The van der Waals surface area contributed by atoms with Gasteiger partial charge in [-0.25, -0.2) is 4.99 Å². The fourth-order valence-electron chi connectivity index (χ4n) is 3.26. The molecule has 2 aromatic rings. The first kappa shape index (κ1) is 20.7. The van der Waals surface area contributed by atoms with Gasteiger partial charge in [0.2, 0.25) is 0 Å². The fourth-order valence-corrected chi connectivity index (χ4v) is 3.61. The van der Waals surface area contributed by atoms with E-state index in [1.807, 2.05) is 65.9 Å². The van der Waals surface area contributed by atoms with E-state index in [0.717, 1.165) is 36.4 Å². The fraction of sp³-hybridized carbons (Fsp3) is 0.318. The Hall–Kier alpha value is -2.98. The van der Waals surface area contributed by atoms with Crippen LogP contribution in [0, 0.1) is 11.5 Å². The van der Waals surface area contributed by atoms with Crippen molar-refractivity contribution < 1.29 is 4.79 Å². The highest BCUT2D eigenvalue weighted by Crippen LogP contribution is 2.22. The molecule has 7 heteroatoms. The smallest absolute Gasteiger partial charge is 0.253 e. The molecule has 29 heavy (non-hydrogen) atoms. The van der Waals surface area contributed by atoms with Crippen molar-refractivity contribution in [2.45, 2.75) is 13.3 Å². The summed E-state index contributed by atoms with van der Waals surface area (Å²) in [6.45, 7) is 5.12. The quantitative estimate of drug-likeness (QED) is 0.363. The van der Waals surface area contributed by atoms with Crippen LogP contribution in [-0.4, -0.2) is 48.4 Å². The van der Waals surface area contributed by atoms with Gasteiger partial charge >= 0.3 is 0 Å². The lowest BCUT2D eigenvalue weighted by Crippen LogP contribution is -2.48. The Morgan fingerprint density at radius 2 is 1.76 bits per heavy atom. The summed E-state index contributed by atoms with van der Waals surface area (Å²) >= 11 is 1.39. The minimum atomic E-state index is 0.103. The van der Waals surface area contributed by atoms with Gasteiger partial charge in [-0.2, -0.15) is 5.26 Å². The van der Waals surface area contributed by atoms with E-state index in [1.165, 1.54) is 17.3 Å². The number of rotatable bonds is 4. The van der Waals surface area contributed by atoms with Crippen LogP contribution in [0.3, 0.4) is 0 Å². The molecule has 0 spiro atoms. The number of amides is 1. The number of amidine groups is 1. The van der Waals surface area contributed by atoms with Crippen LogP contribution in [0.5, 0.6) is 0 Å². The van der Waals surface area contributed by atoms with Gasteiger partial charge in [0.05, 0.1) is 5.69 Å². The summed E-state index contributed by atoms with van der Waals surface area (Å²) < 4.78 is 0. The van der Waals surface area contributed by atoms with E-state index in [9.17, 15) is 4.79 Å². The average Bonchev–Trinajstić information content (AvgIpc) is 2.79. The second-order valence-corrected chi connectivity index (χ2v) is 7.50. The number of benzene rings is 2. The molecule has 1 heterocycles. The van der Waals surface area contributed by atoms with E-state index in [2.05, 4.69) is 22.1 Å². The van der Waals surface area contributed by atoms with Crippen LogP contribution >= 0.6 is 11.8 Å². The molecule has 1 saturated heterocycles. The molecule has 0 aromatic heterocycles. The Morgan fingerprint density at radius 3 is 2.31 bits per heavy atom. The van der Waals surface area contributed by atoms with E-state index < -0.39 is 0 Å². The molecule has 3 rings (SSSR count). The Morgan fingerprint density at radius 1 is 1.10 bits per heavy atom. The Kier molecular flexibility index (Phi) is 7.14. The number of aryl methyl sites for hydroxylation is 1. The maximum absolute atomic E-state index is 12.7. The zero-order valence-corrected chi connectivity index (χ0v) is 17.6. The van der Waals surface area contributed by atoms with E-state index in [4.69, 9.17) is 5.26 Å². The number of carbonyl (C=O) groups is 1. The van der Waals surface area contributed by atoms with E-state index in [0.29, 0.717) is 18.3 Å². The second-order valence-electron chi connectivity index (χ2n) is 6.70. The standard InChI is InChI=1S/C22H25N5OS/c1-3-17-4-6-18(7-5-17)21(28)27-14-12-26(13-15-27)20-10-8-19(9-11-20)25-22(29-2)24-16-23/h4-11H,3,12-15H2,1-2H3,(H,24,25). The summed E-state index contributed by atoms with van der Waals surface area (Å²) in [5, 5.41) is 11.9. The number of nitriles is 1. The van der Waals surface area contributed by atoms with Crippen LogP contribution in [0.15, 0.2) is 53.5 Å². The van der Waals surface area contributed by atoms with Crippen LogP contribution < -0.4 is 10.2 Å². The molecule has 0 saturated carbocycles. The molecular weight excluding hydrogens is 382 g/mol. The molecule has 0 aliphatic carbocycles. The van der Waals surface area contributed by atoms with Gasteiger partial charge in [0.15, 0.2) is 11.4 Å². The zero-order valence-electron chi connectivity index (χ0n) is 16.8. The molecule has 1 fully saturated rings. The van der Waals surface area contributed by atoms with Crippen molar-refractivity contribution >= 4 is 34.2 Å². The minimum absolute atomic E-state index is 0.103. The number of hydrogen-bond acceptors (Lipinski definition) is 5. The van der Waals surface area contributed by atoms with Crippen LogP contribution in [0.4, 0.5) is 11.4 Å². The monoisotopic (exact) mass is 407 g/mol. The molecule has 0 atom stereocenters. The van der Waals surface area contributed by atoms with Gasteiger partial charge in [-0.15, -0.1) is 0 Å². The van der Waals surface area contributed by atoms with Crippen molar-refractivity contribution in [3.63, 3.8) is 0 Å². The van der Waals surface area contributed by atoms with Crippen LogP contribution in [0.25, 0.3) is 0 Å². The summed E-state index contributed by atoms with van der Waals surface area (Å²) in [4.78, 5) is 21.3. The zero-order chi connectivity index (χ0) is 20.6. The molecular formula is C22H25N5OS. The highest BCUT2D eigenvalue weighted by atomic mass is 32.2. The van der Waals surface area contributed by atoms with E-state index in [-0.39, 0.29) is 5.91 Å².